The molecule has 3 aromatic carbocycles. The van der Waals surface area contributed by atoms with Crippen LogP contribution in [0.4, 0.5) is 0 Å². The van der Waals surface area contributed by atoms with Gasteiger partial charge in [-0.25, -0.2) is 0 Å². The van der Waals surface area contributed by atoms with Gasteiger partial charge in [0.1, 0.15) is 11.5 Å². The second-order valence-corrected chi connectivity index (χ2v) is 7.13. The third-order valence-corrected chi connectivity index (χ3v) is 5.16. The van der Waals surface area contributed by atoms with E-state index in [1.165, 1.54) is 16.7 Å². The predicted molar refractivity (Wildman–Crippen MR) is 123 cm³/mol. The number of aryl methyl sites for hydroxylation is 2. The second-order valence-electron chi connectivity index (χ2n) is 7.13. The van der Waals surface area contributed by atoms with Crippen LogP contribution in [0.3, 0.4) is 0 Å². The maximum atomic E-state index is 5.44. The number of ether oxygens (including phenoxy) is 2. The average Bonchev–Trinajstić information content (AvgIpc) is 2.72. The van der Waals surface area contributed by atoms with Crippen LogP contribution in [0, 0.1) is 13.8 Å². The van der Waals surface area contributed by atoms with Gasteiger partial charge in [0.25, 0.3) is 0 Å². The van der Waals surface area contributed by atoms with E-state index in [1.807, 2.05) is 6.07 Å². The van der Waals surface area contributed by atoms with E-state index in [9.17, 15) is 0 Å². The van der Waals surface area contributed by atoms with Crippen molar-refractivity contribution in [1.82, 2.24) is 5.32 Å². The van der Waals surface area contributed by atoms with Crippen molar-refractivity contribution in [2.75, 3.05) is 20.8 Å². The van der Waals surface area contributed by atoms with Gasteiger partial charge in [-0.05, 0) is 53.8 Å². The molecule has 0 bridgehead atoms. The van der Waals surface area contributed by atoms with Gasteiger partial charge in [0.15, 0.2) is 0 Å². The fourth-order valence-electron chi connectivity index (χ4n) is 3.62. The zero-order valence-electron chi connectivity index (χ0n) is 17.6. The average molecular weight is 412 g/mol. The van der Waals surface area contributed by atoms with Crippen molar-refractivity contribution >= 4 is 12.4 Å². The summed E-state index contributed by atoms with van der Waals surface area (Å²) >= 11 is 0. The van der Waals surface area contributed by atoms with Crippen LogP contribution in [0.1, 0.15) is 33.7 Å². The van der Waals surface area contributed by atoms with Crippen molar-refractivity contribution in [3.63, 3.8) is 0 Å². The first kappa shape index (κ1) is 22.8. The molecule has 0 radical (unpaired) electrons. The molecule has 3 rings (SSSR count). The van der Waals surface area contributed by atoms with Crippen molar-refractivity contribution in [2.24, 2.45) is 0 Å². The van der Waals surface area contributed by atoms with Crippen LogP contribution in [-0.4, -0.2) is 20.8 Å². The Balaban J connectivity index is 0.00000300. The number of halogens is 1. The maximum absolute atomic E-state index is 5.44. The molecular formula is C25H30ClNO2. The summed E-state index contributed by atoms with van der Waals surface area (Å²) < 4.78 is 10.9. The summed E-state index contributed by atoms with van der Waals surface area (Å²) in [4.78, 5) is 0. The van der Waals surface area contributed by atoms with Crippen LogP contribution in [0.25, 0.3) is 0 Å². The standard InChI is InChI=1S/C25H29NO2.ClH/c1-18-14-21(10-12-24(18)27-3)23(17-26-16-20-8-6-5-7-9-20)22-11-13-25(28-4)19(2)15-22;/h5-15,23,26H,16-17H2,1-4H3;1H. The van der Waals surface area contributed by atoms with Gasteiger partial charge < -0.3 is 14.8 Å². The monoisotopic (exact) mass is 411 g/mol. The number of hydrogen-bond donors (Lipinski definition) is 1. The highest BCUT2D eigenvalue weighted by molar-refractivity contribution is 5.85. The van der Waals surface area contributed by atoms with E-state index in [4.69, 9.17) is 9.47 Å². The minimum Gasteiger partial charge on any atom is -0.496 e. The Morgan fingerprint density at radius 2 is 1.28 bits per heavy atom. The van der Waals surface area contributed by atoms with E-state index in [0.29, 0.717) is 0 Å². The van der Waals surface area contributed by atoms with Crippen molar-refractivity contribution in [2.45, 2.75) is 26.3 Å². The van der Waals surface area contributed by atoms with E-state index in [2.05, 4.69) is 79.8 Å². The molecule has 0 fully saturated rings. The minimum absolute atomic E-state index is 0. The minimum atomic E-state index is 0. The van der Waals surface area contributed by atoms with E-state index in [-0.39, 0.29) is 18.3 Å². The molecule has 0 atom stereocenters. The summed E-state index contributed by atoms with van der Waals surface area (Å²) in [7, 11) is 3.43. The van der Waals surface area contributed by atoms with Gasteiger partial charge in [-0.3, -0.25) is 0 Å². The SMILES string of the molecule is COc1ccc(C(CNCc2ccccc2)c2ccc(OC)c(C)c2)cc1C.Cl. The van der Waals surface area contributed by atoms with Crippen LogP contribution in [0.5, 0.6) is 11.5 Å². The molecule has 154 valence electrons. The topological polar surface area (TPSA) is 30.5 Å². The lowest BCUT2D eigenvalue weighted by Crippen LogP contribution is -2.22. The van der Waals surface area contributed by atoms with E-state index in [0.717, 1.165) is 35.7 Å². The lowest BCUT2D eigenvalue weighted by Gasteiger charge is -2.21. The summed E-state index contributed by atoms with van der Waals surface area (Å²) in [6.07, 6.45) is 0. The van der Waals surface area contributed by atoms with Crippen LogP contribution in [0.2, 0.25) is 0 Å². The number of hydrogen-bond acceptors (Lipinski definition) is 3. The molecule has 0 aliphatic carbocycles. The Hall–Kier alpha value is -2.49. The molecule has 0 aromatic heterocycles. The Morgan fingerprint density at radius 3 is 1.72 bits per heavy atom. The summed E-state index contributed by atoms with van der Waals surface area (Å²) in [6.45, 7) is 5.89. The maximum Gasteiger partial charge on any atom is 0.121 e. The quantitative estimate of drug-likeness (QED) is 0.518. The van der Waals surface area contributed by atoms with Gasteiger partial charge in [0.05, 0.1) is 14.2 Å². The number of rotatable bonds is 8. The number of benzene rings is 3. The molecule has 0 spiro atoms. The van der Waals surface area contributed by atoms with E-state index >= 15 is 0 Å². The first-order chi connectivity index (χ1) is 13.6. The van der Waals surface area contributed by atoms with Crippen molar-refractivity contribution in [3.8, 4) is 11.5 Å². The van der Waals surface area contributed by atoms with Gasteiger partial charge in [0, 0.05) is 19.0 Å². The Morgan fingerprint density at radius 1 is 0.759 bits per heavy atom. The fourth-order valence-corrected chi connectivity index (χ4v) is 3.62. The van der Waals surface area contributed by atoms with Gasteiger partial charge in [-0.2, -0.15) is 0 Å². The molecule has 0 heterocycles. The zero-order chi connectivity index (χ0) is 19.9. The number of methoxy groups -OCH3 is 2. The van der Waals surface area contributed by atoms with Gasteiger partial charge in [-0.15, -0.1) is 12.4 Å². The van der Waals surface area contributed by atoms with Crippen LogP contribution in [0.15, 0.2) is 66.7 Å². The Kier molecular flexibility index (Phi) is 8.56. The van der Waals surface area contributed by atoms with Crippen LogP contribution >= 0.6 is 12.4 Å². The highest BCUT2D eigenvalue weighted by Crippen LogP contribution is 2.31. The summed E-state index contributed by atoms with van der Waals surface area (Å²) in [5.74, 6) is 2.09. The molecule has 0 unspecified atom stereocenters. The normalized spacial score (nSPS) is 10.5. The fraction of sp³-hybridized carbons (Fsp3) is 0.280. The van der Waals surface area contributed by atoms with Gasteiger partial charge in [0.2, 0.25) is 0 Å². The van der Waals surface area contributed by atoms with Crippen molar-refractivity contribution in [3.05, 3.63) is 94.5 Å². The molecule has 3 nitrogen and oxygen atoms in total. The second kappa shape index (κ2) is 10.9. The lowest BCUT2D eigenvalue weighted by molar-refractivity contribution is 0.411. The number of nitrogens with one attached hydrogen (secondary N) is 1. The lowest BCUT2D eigenvalue weighted by atomic mass is 9.89. The molecular weight excluding hydrogens is 382 g/mol. The third kappa shape index (κ3) is 5.75. The summed E-state index contributed by atoms with van der Waals surface area (Å²) in [5.41, 5.74) is 6.15. The first-order valence-electron chi connectivity index (χ1n) is 9.66. The smallest absolute Gasteiger partial charge is 0.121 e. The third-order valence-electron chi connectivity index (χ3n) is 5.16. The van der Waals surface area contributed by atoms with E-state index < -0.39 is 0 Å². The molecule has 3 aromatic rings. The molecule has 0 aliphatic heterocycles. The molecule has 0 saturated heterocycles. The van der Waals surface area contributed by atoms with E-state index in [1.54, 1.807) is 14.2 Å². The van der Waals surface area contributed by atoms with Gasteiger partial charge >= 0.3 is 0 Å². The molecule has 0 saturated carbocycles. The molecule has 0 amide bonds. The van der Waals surface area contributed by atoms with Gasteiger partial charge in [-0.1, -0.05) is 54.6 Å². The molecule has 0 aliphatic rings. The first-order valence-corrected chi connectivity index (χ1v) is 9.66. The molecule has 1 N–H and O–H groups in total. The summed E-state index contributed by atoms with van der Waals surface area (Å²) in [6, 6.07) is 23.4. The highest BCUT2D eigenvalue weighted by atomic mass is 35.5. The van der Waals surface area contributed by atoms with Crippen LogP contribution < -0.4 is 14.8 Å². The Labute approximate surface area is 180 Å². The largest absolute Gasteiger partial charge is 0.496 e. The zero-order valence-corrected chi connectivity index (χ0v) is 18.4. The van der Waals surface area contributed by atoms with Crippen molar-refractivity contribution < 1.29 is 9.47 Å². The van der Waals surface area contributed by atoms with Crippen molar-refractivity contribution in [1.29, 1.82) is 0 Å². The predicted octanol–water partition coefficient (Wildman–Crippen LogP) is 5.66. The summed E-state index contributed by atoms with van der Waals surface area (Å²) in [5, 5.41) is 3.63. The highest BCUT2D eigenvalue weighted by Gasteiger charge is 2.16. The Bertz CT molecular complexity index is 858. The molecule has 29 heavy (non-hydrogen) atoms. The van der Waals surface area contributed by atoms with Crippen LogP contribution in [-0.2, 0) is 6.54 Å². The molecule has 4 heteroatoms.